The minimum absolute atomic E-state index is 0. The third kappa shape index (κ3) is 5.67. The van der Waals surface area contributed by atoms with Crippen molar-refractivity contribution >= 4 is 29.9 Å². The number of guanidine groups is 1. The van der Waals surface area contributed by atoms with Gasteiger partial charge in [0, 0.05) is 26.7 Å². The van der Waals surface area contributed by atoms with Crippen LogP contribution in [0.25, 0.3) is 5.69 Å². The summed E-state index contributed by atoms with van der Waals surface area (Å²) in [6, 6.07) is 8.37. The van der Waals surface area contributed by atoms with Crippen LogP contribution in [0.3, 0.4) is 0 Å². The first-order valence-electron chi connectivity index (χ1n) is 9.53. The zero-order valence-corrected chi connectivity index (χ0v) is 18.9. The third-order valence-corrected chi connectivity index (χ3v) is 5.22. The van der Waals surface area contributed by atoms with Gasteiger partial charge in [0.15, 0.2) is 5.96 Å². The zero-order valence-electron chi connectivity index (χ0n) is 16.6. The standard InChI is InChI=1S/C20H30N6.HI/c1-4-10-20(2)11-5-12-25(14-20)19(21-3)23-13-17-6-8-18(9-7-17)26-16-22-15-24-26;/h6-9,15-16H,4-5,10-14H2,1-3H3,(H,21,23);1H. The maximum absolute atomic E-state index is 4.52. The highest BCUT2D eigenvalue weighted by molar-refractivity contribution is 14.0. The van der Waals surface area contributed by atoms with E-state index in [0.29, 0.717) is 5.41 Å². The molecule has 0 bridgehead atoms. The summed E-state index contributed by atoms with van der Waals surface area (Å²) in [5.41, 5.74) is 2.65. The molecule has 1 atom stereocenters. The predicted molar refractivity (Wildman–Crippen MR) is 121 cm³/mol. The summed E-state index contributed by atoms with van der Waals surface area (Å²) < 4.78 is 1.76. The van der Waals surface area contributed by atoms with E-state index in [1.807, 2.05) is 7.05 Å². The normalized spacial score (nSPS) is 20.3. The fraction of sp³-hybridized carbons (Fsp3) is 0.550. The molecule has 1 aliphatic heterocycles. The number of aliphatic imine (C=N–C) groups is 1. The summed E-state index contributed by atoms with van der Waals surface area (Å²) >= 11 is 0. The van der Waals surface area contributed by atoms with Crippen molar-refractivity contribution in [2.75, 3.05) is 20.1 Å². The van der Waals surface area contributed by atoms with Crippen LogP contribution < -0.4 is 5.32 Å². The van der Waals surface area contributed by atoms with E-state index in [-0.39, 0.29) is 24.0 Å². The van der Waals surface area contributed by atoms with E-state index >= 15 is 0 Å². The van der Waals surface area contributed by atoms with E-state index in [9.17, 15) is 0 Å². The summed E-state index contributed by atoms with van der Waals surface area (Å²) in [5, 5.41) is 7.69. The summed E-state index contributed by atoms with van der Waals surface area (Å²) in [6.07, 6.45) is 8.34. The van der Waals surface area contributed by atoms with Crippen LogP contribution in [0.2, 0.25) is 0 Å². The molecule has 1 unspecified atom stereocenters. The molecule has 0 saturated carbocycles. The number of aromatic nitrogens is 3. The average molecular weight is 482 g/mol. The van der Waals surface area contributed by atoms with Crippen molar-refractivity contribution in [3.05, 3.63) is 42.5 Å². The number of benzene rings is 1. The summed E-state index contributed by atoms with van der Waals surface area (Å²) in [4.78, 5) is 10.9. The van der Waals surface area contributed by atoms with E-state index in [4.69, 9.17) is 0 Å². The molecule has 1 N–H and O–H groups in total. The van der Waals surface area contributed by atoms with Gasteiger partial charge in [-0.2, -0.15) is 5.10 Å². The number of hydrogen-bond donors (Lipinski definition) is 1. The van der Waals surface area contributed by atoms with Gasteiger partial charge in [-0.3, -0.25) is 4.99 Å². The fourth-order valence-electron chi connectivity index (χ4n) is 3.93. The van der Waals surface area contributed by atoms with Crippen molar-refractivity contribution in [2.45, 2.75) is 46.1 Å². The van der Waals surface area contributed by atoms with Crippen LogP contribution in [0, 0.1) is 5.41 Å². The third-order valence-electron chi connectivity index (χ3n) is 5.22. The summed E-state index contributed by atoms with van der Waals surface area (Å²) in [6.45, 7) is 7.64. The van der Waals surface area contributed by atoms with Crippen LogP contribution in [0.5, 0.6) is 0 Å². The second-order valence-electron chi connectivity index (χ2n) is 7.49. The molecule has 0 amide bonds. The smallest absolute Gasteiger partial charge is 0.193 e. The lowest BCUT2D eigenvalue weighted by molar-refractivity contribution is 0.142. The number of halogens is 1. The second kappa shape index (κ2) is 10.1. The molecule has 1 aromatic heterocycles. The van der Waals surface area contributed by atoms with Crippen LogP contribution in [-0.2, 0) is 6.54 Å². The lowest BCUT2D eigenvalue weighted by Crippen LogP contribution is -2.49. The Hall–Kier alpha value is -1.64. The SMILES string of the molecule is CCCC1(C)CCCN(C(=NC)NCc2ccc(-n3cncn3)cc2)C1.I. The minimum atomic E-state index is 0. The molecule has 2 aromatic rings. The Morgan fingerprint density at radius 2 is 2.07 bits per heavy atom. The van der Waals surface area contributed by atoms with E-state index in [1.165, 1.54) is 31.2 Å². The number of nitrogens with one attached hydrogen (secondary N) is 1. The number of piperidine rings is 1. The lowest BCUT2D eigenvalue weighted by atomic mass is 9.78. The molecule has 6 nitrogen and oxygen atoms in total. The van der Waals surface area contributed by atoms with Crippen molar-refractivity contribution in [1.82, 2.24) is 25.0 Å². The molecule has 3 rings (SSSR count). The number of likely N-dealkylation sites (tertiary alicyclic amines) is 1. The van der Waals surface area contributed by atoms with E-state index in [0.717, 1.165) is 31.3 Å². The van der Waals surface area contributed by atoms with E-state index in [2.05, 4.69) is 63.4 Å². The first-order valence-corrected chi connectivity index (χ1v) is 9.53. The number of hydrogen-bond acceptors (Lipinski definition) is 3. The van der Waals surface area contributed by atoms with Gasteiger partial charge in [-0.25, -0.2) is 9.67 Å². The Balaban J connectivity index is 0.00000261. The van der Waals surface area contributed by atoms with Gasteiger partial charge in [0.05, 0.1) is 5.69 Å². The van der Waals surface area contributed by atoms with Crippen molar-refractivity contribution < 1.29 is 0 Å². The largest absolute Gasteiger partial charge is 0.352 e. The van der Waals surface area contributed by atoms with Gasteiger partial charge in [-0.15, -0.1) is 24.0 Å². The van der Waals surface area contributed by atoms with Gasteiger partial charge in [0.25, 0.3) is 0 Å². The fourth-order valence-corrected chi connectivity index (χ4v) is 3.93. The average Bonchev–Trinajstić information content (AvgIpc) is 3.17. The topological polar surface area (TPSA) is 58.3 Å². The highest BCUT2D eigenvalue weighted by Gasteiger charge is 2.31. The number of rotatable bonds is 5. The molecule has 27 heavy (non-hydrogen) atoms. The van der Waals surface area contributed by atoms with Crippen LogP contribution in [0.4, 0.5) is 0 Å². The van der Waals surface area contributed by atoms with E-state index in [1.54, 1.807) is 17.3 Å². The lowest BCUT2D eigenvalue weighted by Gasteiger charge is -2.42. The van der Waals surface area contributed by atoms with Crippen LogP contribution >= 0.6 is 24.0 Å². The highest BCUT2D eigenvalue weighted by atomic mass is 127. The molecular weight excluding hydrogens is 451 g/mol. The summed E-state index contributed by atoms with van der Waals surface area (Å²) in [7, 11) is 1.88. The molecule has 1 aliphatic rings. The molecule has 0 aliphatic carbocycles. The quantitative estimate of drug-likeness (QED) is 0.400. The van der Waals surface area contributed by atoms with Crippen molar-refractivity contribution in [2.24, 2.45) is 10.4 Å². The molecule has 1 saturated heterocycles. The van der Waals surface area contributed by atoms with Crippen LogP contribution in [-0.4, -0.2) is 45.8 Å². The molecular formula is C20H31IN6. The van der Waals surface area contributed by atoms with Gasteiger partial charge in [-0.1, -0.05) is 32.4 Å². The zero-order chi connectivity index (χ0) is 18.4. The Morgan fingerprint density at radius 3 is 2.70 bits per heavy atom. The van der Waals surface area contributed by atoms with Gasteiger partial charge in [0.2, 0.25) is 0 Å². The highest BCUT2D eigenvalue weighted by Crippen LogP contribution is 2.33. The Bertz CT molecular complexity index is 709. The van der Waals surface area contributed by atoms with Crippen molar-refractivity contribution in [1.29, 1.82) is 0 Å². The van der Waals surface area contributed by atoms with Crippen molar-refractivity contribution in [3.63, 3.8) is 0 Å². The molecule has 1 aromatic carbocycles. The number of nitrogens with zero attached hydrogens (tertiary/aromatic N) is 5. The summed E-state index contributed by atoms with van der Waals surface area (Å²) in [5.74, 6) is 1.01. The first-order chi connectivity index (χ1) is 12.6. The molecule has 148 valence electrons. The van der Waals surface area contributed by atoms with Gasteiger partial charge in [-0.05, 0) is 42.4 Å². The maximum atomic E-state index is 4.52. The maximum Gasteiger partial charge on any atom is 0.193 e. The Kier molecular flexibility index (Phi) is 8.07. The van der Waals surface area contributed by atoms with Gasteiger partial charge in [0.1, 0.15) is 12.7 Å². The molecule has 7 heteroatoms. The van der Waals surface area contributed by atoms with Gasteiger partial charge >= 0.3 is 0 Å². The molecule has 2 heterocycles. The Labute approximate surface area is 179 Å². The molecule has 0 spiro atoms. The second-order valence-corrected chi connectivity index (χ2v) is 7.49. The van der Waals surface area contributed by atoms with E-state index < -0.39 is 0 Å². The van der Waals surface area contributed by atoms with Crippen molar-refractivity contribution in [3.8, 4) is 5.69 Å². The molecule has 1 fully saturated rings. The predicted octanol–water partition coefficient (Wildman–Crippen LogP) is 3.86. The Morgan fingerprint density at radius 1 is 1.30 bits per heavy atom. The first kappa shape index (κ1) is 21.7. The van der Waals surface area contributed by atoms with Crippen LogP contribution in [0.15, 0.2) is 41.9 Å². The van der Waals surface area contributed by atoms with Crippen LogP contribution in [0.1, 0.15) is 45.1 Å². The molecule has 0 radical (unpaired) electrons. The minimum Gasteiger partial charge on any atom is -0.352 e. The monoisotopic (exact) mass is 482 g/mol. The van der Waals surface area contributed by atoms with Gasteiger partial charge < -0.3 is 10.2 Å².